The topological polar surface area (TPSA) is 54.9 Å². The Balaban J connectivity index is 1.77. The van der Waals surface area contributed by atoms with Crippen molar-refractivity contribution in [1.29, 1.82) is 0 Å². The molecule has 0 atom stereocenters. The summed E-state index contributed by atoms with van der Waals surface area (Å²) in [6.07, 6.45) is 0. The molecule has 3 rings (SSSR count). The minimum Gasteiger partial charge on any atom is -0.296 e. The van der Waals surface area contributed by atoms with E-state index in [1.54, 1.807) is 30.3 Å². The number of nitrogens with one attached hydrogen (secondary N) is 1. The number of aromatic nitrogens is 2. The molecule has 0 saturated heterocycles. The van der Waals surface area contributed by atoms with Gasteiger partial charge in [0.2, 0.25) is 5.13 Å². The van der Waals surface area contributed by atoms with Crippen LogP contribution in [0.5, 0.6) is 0 Å². The molecule has 0 aliphatic heterocycles. The molecule has 7 heteroatoms. The van der Waals surface area contributed by atoms with Gasteiger partial charge >= 0.3 is 0 Å². The van der Waals surface area contributed by atoms with Crippen LogP contribution >= 0.6 is 27.3 Å². The summed E-state index contributed by atoms with van der Waals surface area (Å²) < 4.78 is 13.7. The van der Waals surface area contributed by atoms with Crippen molar-refractivity contribution in [2.75, 3.05) is 5.32 Å². The molecule has 0 saturated carbocycles. The Labute approximate surface area is 138 Å². The van der Waals surface area contributed by atoms with Gasteiger partial charge in [0.05, 0.1) is 0 Å². The molecule has 2 aromatic carbocycles. The summed E-state index contributed by atoms with van der Waals surface area (Å²) >= 11 is 4.55. The molecule has 22 heavy (non-hydrogen) atoms. The van der Waals surface area contributed by atoms with E-state index in [9.17, 15) is 9.18 Å². The zero-order valence-electron chi connectivity index (χ0n) is 11.1. The molecule has 0 radical (unpaired) electrons. The Hall–Kier alpha value is -2.12. The van der Waals surface area contributed by atoms with E-state index in [2.05, 4.69) is 31.4 Å². The minimum absolute atomic E-state index is 0.261. The van der Waals surface area contributed by atoms with Crippen LogP contribution in [0.15, 0.2) is 53.0 Å². The summed E-state index contributed by atoms with van der Waals surface area (Å²) in [6, 6.07) is 13.0. The molecule has 4 nitrogen and oxygen atoms in total. The largest absolute Gasteiger partial charge is 0.296 e. The first kappa shape index (κ1) is 14.8. The van der Waals surface area contributed by atoms with Crippen LogP contribution in [-0.4, -0.2) is 16.1 Å². The molecule has 0 spiro atoms. The van der Waals surface area contributed by atoms with E-state index in [4.69, 9.17) is 0 Å². The normalized spacial score (nSPS) is 10.5. The SMILES string of the molecule is O=C(Nc1nnc(-c2ccc(F)cc2)s1)c1cccc(Br)c1. The highest BCUT2D eigenvalue weighted by Crippen LogP contribution is 2.26. The van der Waals surface area contributed by atoms with Crippen LogP contribution in [0.25, 0.3) is 10.6 Å². The molecule has 1 N–H and O–H groups in total. The Morgan fingerprint density at radius 3 is 2.64 bits per heavy atom. The summed E-state index contributed by atoms with van der Waals surface area (Å²) in [5.41, 5.74) is 1.27. The van der Waals surface area contributed by atoms with Gasteiger partial charge in [0.1, 0.15) is 10.8 Å². The summed E-state index contributed by atoms with van der Waals surface area (Å²) in [5.74, 6) is -0.570. The van der Waals surface area contributed by atoms with Crippen LogP contribution in [0.2, 0.25) is 0 Å². The standard InChI is InChI=1S/C15H9BrFN3OS/c16-11-3-1-2-10(8-11)13(21)18-15-20-19-14(22-15)9-4-6-12(17)7-5-9/h1-8H,(H,18,20,21). The third-order valence-corrected chi connectivity index (χ3v) is 4.20. The van der Waals surface area contributed by atoms with Gasteiger partial charge in [-0.2, -0.15) is 0 Å². The number of hydrogen-bond donors (Lipinski definition) is 1. The Bertz CT molecular complexity index is 820. The molecule has 0 aliphatic rings. The first-order valence-corrected chi connectivity index (χ1v) is 7.89. The van der Waals surface area contributed by atoms with E-state index in [1.807, 2.05) is 6.07 Å². The molecule has 0 unspecified atom stereocenters. The van der Waals surface area contributed by atoms with Crippen molar-refractivity contribution in [3.63, 3.8) is 0 Å². The lowest BCUT2D eigenvalue weighted by molar-refractivity contribution is 0.102. The van der Waals surface area contributed by atoms with Gasteiger partial charge in [-0.1, -0.05) is 33.3 Å². The summed E-state index contributed by atoms with van der Waals surface area (Å²) in [6.45, 7) is 0. The summed E-state index contributed by atoms with van der Waals surface area (Å²) in [5, 5.41) is 11.6. The smallest absolute Gasteiger partial charge is 0.257 e. The van der Waals surface area contributed by atoms with Crippen LogP contribution in [0, 0.1) is 5.82 Å². The van der Waals surface area contributed by atoms with E-state index >= 15 is 0 Å². The van der Waals surface area contributed by atoms with Gasteiger partial charge in [-0.15, -0.1) is 10.2 Å². The first-order valence-electron chi connectivity index (χ1n) is 6.28. The Kier molecular flexibility index (Phi) is 4.26. The zero-order valence-corrected chi connectivity index (χ0v) is 13.5. The molecule has 3 aromatic rings. The lowest BCUT2D eigenvalue weighted by atomic mass is 10.2. The molecule has 1 heterocycles. The van der Waals surface area contributed by atoms with Crippen molar-refractivity contribution in [1.82, 2.24) is 10.2 Å². The number of nitrogens with zero attached hydrogens (tertiary/aromatic N) is 2. The fourth-order valence-electron chi connectivity index (χ4n) is 1.78. The van der Waals surface area contributed by atoms with Gasteiger partial charge in [-0.25, -0.2) is 4.39 Å². The quantitative estimate of drug-likeness (QED) is 0.737. The number of anilines is 1. The predicted molar refractivity (Wildman–Crippen MR) is 87.4 cm³/mol. The fraction of sp³-hybridized carbons (Fsp3) is 0. The van der Waals surface area contributed by atoms with Crippen LogP contribution in [0.1, 0.15) is 10.4 Å². The van der Waals surface area contributed by atoms with Crippen molar-refractivity contribution >= 4 is 38.3 Å². The number of rotatable bonds is 3. The highest BCUT2D eigenvalue weighted by molar-refractivity contribution is 9.10. The van der Waals surface area contributed by atoms with E-state index in [0.29, 0.717) is 15.7 Å². The average Bonchev–Trinajstić information content (AvgIpc) is 2.96. The third kappa shape index (κ3) is 3.37. The number of halogens is 2. The van der Waals surface area contributed by atoms with Crippen molar-refractivity contribution in [3.8, 4) is 10.6 Å². The molecule has 1 amide bonds. The van der Waals surface area contributed by atoms with Crippen LogP contribution < -0.4 is 5.32 Å². The number of benzene rings is 2. The van der Waals surface area contributed by atoms with Gasteiger partial charge in [-0.05, 0) is 42.5 Å². The molecular weight excluding hydrogens is 369 g/mol. The lowest BCUT2D eigenvalue weighted by Crippen LogP contribution is -2.11. The van der Waals surface area contributed by atoms with E-state index in [-0.39, 0.29) is 11.7 Å². The van der Waals surface area contributed by atoms with Crippen molar-refractivity contribution in [2.24, 2.45) is 0 Å². The zero-order chi connectivity index (χ0) is 15.5. The van der Waals surface area contributed by atoms with Crippen LogP contribution in [0.3, 0.4) is 0 Å². The third-order valence-electron chi connectivity index (χ3n) is 2.82. The summed E-state index contributed by atoms with van der Waals surface area (Å²) in [4.78, 5) is 12.1. The van der Waals surface area contributed by atoms with Crippen LogP contribution in [0.4, 0.5) is 9.52 Å². The molecule has 0 bridgehead atoms. The van der Waals surface area contributed by atoms with E-state index in [1.165, 1.54) is 23.5 Å². The highest BCUT2D eigenvalue weighted by atomic mass is 79.9. The maximum Gasteiger partial charge on any atom is 0.257 e. The highest BCUT2D eigenvalue weighted by Gasteiger charge is 2.11. The van der Waals surface area contributed by atoms with Gasteiger partial charge in [0.15, 0.2) is 0 Å². The molecule has 110 valence electrons. The second kappa shape index (κ2) is 6.33. The Morgan fingerprint density at radius 1 is 1.14 bits per heavy atom. The lowest BCUT2D eigenvalue weighted by Gasteiger charge is -2.01. The molecule has 0 aliphatic carbocycles. The monoisotopic (exact) mass is 377 g/mol. The molecule has 0 fully saturated rings. The van der Waals surface area contributed by atoms with Crippen LogP contribution in [-0.2, 0) is 0 Å². The van der Waals surface area contributed by atoms with E-state index in [0.717, 1.165) is 10.0 Å². The molecular formula is C15H9BrFN3OS. The van der Waals surface area contributed by atoms with Gasteiger partial charge in [-0.3, -0.25) is 10.1 Å². The maximum absolute atomic E-state index is 12.9. The van der Waals surface area contributed by atoms with Gasteiger partial charge in [0.25, 0.3) is 5.91 Å². The van der Waals surface area contributed by atoms with Gasteiger partial charge < -0.3 is 0 Å². The number of amides is 1. The maximum atomic E-state index is 12.9. The average molecular weight is 378 g/mol. The van der Waals surface area contributed by atoms with Gasteiger partial charge in [0, 0.05) is 15.6 Å². The number of carbonyl (C=O) groups excluding carboxylic acids is 1. The van der Waals surface area contributed by atoms with E-state index < -0.39 is 0 Å². The predicted octanol–water partition coefficient (Wildman–Crippen LogP) is 4.36. The number of carbonyl (C=O) groups is 1. The first-order chi connectivity index (χ1) is 10.6. The molecule has 1 aromatic heterocycles. The van der Waals surface area contributed by atoms with Crippen molar-refractivity contribution in [2.45, 2.75) is 0 Å². The minimum atomic E-state index is -0.309. The Morgan fingerprint density at radius 2 is 1.91 bits per heavy atom. The van der Waals surface area contributed by atoms with Crippen molar-refractivity contribution < 1.29 is 9.18 Å². The fourth-order valence-corrected chi connectivity index (χ4v) is 2.93. The number of hydrogen-bond acceptors (Lipinski definition) is 4. The van der Waals surface area contributed by atoms with Crippen molar-refractivity contribution in [3.05, 3.63) is 64.4 Å². The second-order valence-electron chi connectivity index (χ2n) is 4.38. The second-order valence-corrected chi connectivity index (χ2v) is 6.28. The summed E-state index contributed by atoms with van der Waals surface area (Å²) in [7, 11) is 0.